The highest BCUT2D eigenvalue weighted by Crippen LogP contribution is 2.26. The van der Waals surface area contributed by atoms with Crippen molar-refractivity contribution < 1.29 is 5.11 Å². The summed E-state index contributed by atoms with van der Waals surface area (Å²) in [5.41, 5.74) is -0.0171. The van der Waals surface area contributed by atoms with E-state index < -0.39 is 0 Å². The average Bonchev–Trinajstić information content (AvgIpc) is 2.66. The van der Waals surface area contributed by atoms with E-state index >= 15 is 0 Å². The lowest BCUT2D eigenvalue weighted by Gasteiger charge is -2.34. The lowest BCUT2D eigenvalue weighted by Crippen LogP contribution is -2.44. The molecule has 0 aromatic rings. The molecular formula is C13H27NO. The van der Waals surface area contributed by atoms with Gasteiger partial charge in [0.05, 0.1) is 6.10 Å². The van der Waals surface area contributed by atoms with Crippen LogP contribution in [0.25, 0.3) is 0 Å². The molecule has 0 aromatic carbocycles. The predicted octanol–water partition coefficient (Wildman–Crippen LogP) is 2.56. The third-order valence-corrected chi connectivity index (χ3v) is 3.63. The first-order valence-corrected chi connectivity index (χ1v) is 6.35. The number of hydrogen-bond donors (Lipinski definition) is 2. The molecule has 0 heterocycles. The molecule has 1 unspecified atom stereocenters. The van der Waals surface area contributed by atoms with Gasteiger partial charge in [-0.3, -0.25) is 0 Å². The Morgan fingerprint density at radius 1 is 1.27 bits per heavy atom. The summed E-state index contributed by atoms with van der Waals surface area (Å²) < 4.78 is 0. The van der Waals surface area contributed by atoms with Gasteiger partial charge < -0.3 is 10.4 Å². The lowest BCUT2D eigenvalue weighted by atomic mass is 9.80. The van der Waals surface area contributed by atoms with Gasteiger partial charge in [-0.25, -0.2) is 0 Å². The Balaban J connectivity index is 2.34. The fourth-order valence-electron chi connectivity index (χ4n) is 2.54. The molecule has 1 atom stereocenters. The van der Waals surface area contributed by atoms with Gasteiger partial charge >= 0.3 is 0 Å². The summed E-state index contributed by atoms with van der Waals surface area (Å²) in [6, 6.07) is 0.698. The molecule has 0 aromatic heterocycles. The van der Waals surface area contributed by atoms with E-state index in [1.807, 2.05) is 0 Å². The molecule has 0 saturated heterocycles. The van der Waals surface area contributed by atoms with Gasteiger partial charge in [-0.2, -0.15) is 0 Å². The molecule has 0 spiro atoms. The highest BCUT2D eigenvalue weighted by Gasteiger charge is 2.30. The first-order valence-electron chi connectivity index (χ1n) is 6.35. The van der Waals surface area contributed by atoms with Gasteiger partial charge in [-0.1, -0.05) is 40.5 Å². The van der Waals surface area contributed by atoms with Crippen molar-refractivity contribution in [3.63, 3.8) is 0 Å². The van der Waals surface area contributed by atoms with Gasteiger partial charge in [-0.05, 0) is 18.8 Å². The van der Waals surface area contributed by atoms with Crippen LogP contribution in [0, 0.1) is 11.3 Å². The Morgan fingerprint density at radius 3 is 2.27 bits per heavy atom. The van der Waals surface area contributed by atoms with Crippen molar-refractivity contribution >= 4 is 0 Å². The first-order chi connectivity index (χ1) is 6.93. The molecule has 0 bridgehead atoms. The Hall–Kier alpha value is -0.0800. The summed E-state index contributed by atoms with van der Waals surface area (Å²) in [6.07, 6.45) is 5.14. The summed E-state index contributed by atoms with van der Waals surface area (Å²) in [5.74, 6) is 0.338. The number of aliphatic hydroxyl groups is 1. The fourth-order valence-corrected chi connectivity index (χ4v) is 2.54. The van der Waals surface area contributed by atoms with Crippen LogP contribution < -0.4 is 5.32 Å². The average molecular weight is 213 g/mol. The van der Waals surface area contributed by atoms with E-state index in [0.29, 0.717) is 12.0 Å². The van der Waals surface area contributed by atoms with Crippen molar-refractivity contribution in [1.82, 2.24) is 5.32 Å². The van der Waals surface area contributed by atoms with E-state index in [1.165, 1.54) is 25.7 Å². The number of nitrogens with one attached hydrogen (secondary N) is 1. The van der Waals surface area contributed by atoms with Crippen LogP contribution in [0.5, 0.6) is 0 Å². The molecule has 2 N–H and O–H groups in total. The minimum atomic E-state index is -0.216. The van der Waals surface area contributed by atoms with Crippen LogP contribution in [-0.2, 0) is 0 Å². The summed E-state index contributed by atoms with van der Waals surface area (Å²) in [7, 11) is 0. The van der Waals surface area contributed by atoms with Gasteiger partial charge in [-0.15, -0.1) is 0 Å². The van der Waals surface area contributed by atoms with Crippen LogP contribution in [0.3, 0.4) is 0 Å². The molecule has 1 aliphatic carbocycles. The van der Waals surface area contributed by atoms with Gasteiger partial charge in [0.2, 0.25) is 0 Å². The van der Waals surface area contributed by atoms with Crippen LogP contribution >= 0.6 is 0 Å². The zero-order chi connectivity index (χ0) is 11.5. The van der Waals surface area contributed by atoms with Crippen molar-refractivity contribution in [3.05, 3.63) is 0 Å². The molecule has 2 heteroatoms. The van der Waals surface area contributed by atoms with Crippen LogP contribution in [0.1, 0.15) is 53.4 Å². The van der Waals surface area contributed by atoms with E-state index in [1.54, 1.807) is 0 Å². The van der Waals surface area contributed by atoms with Gasteiger partial charge in [0, 0.05) is 18.0 Å². The SMILES string of the molecule is CC(C)C(O)C(C)(C)CNC1CCCC1. The zero-order valence-corrected chi connectivity index (χ0v) is 10.7. The van der Waals surface area contributed by atoms with E-state index in [9.17, 15) is 5.11 Å². The maximum absolute atomic E-state index is 10.1. The van der Waals surface area contributed by atoms with Crippen molar-refractivity contribution in [2.45, 2.75) is 65.5 Å². The molecular weight excluding hydrogens is 186 g/mol. The van der Waals surface area contributed by atoms with Crippen molar-refractivity contribution in [2.24, 2.45) is 11.3 Å². The van der Waals surface area contributed by atoms with Crippen LogP contribution in [0.15, 0.2) is 0 Å². The topological polar surface area (TPSA) is 32.3 Å². The molecule has 1 aliphatic rings. The second-order valence-corrected chi connectivity index (χ2v) is 6.04. The Morgan fingerprint density at radius 2 is 1.80 bits per heavy atom. The van der Waals surface area contributed by atoms with E-state index in [0.717, 1.165) is 6.54 Å². The monoisotopic (exact) mass is 213 g/mol. The Labute approximate surface area is 94.5 Å². The van der Waals surface area contributed by atoms with E-state index in [2.05, 4.69) is 33.0 Å². The molecule has 0 radical (unpaired) electrons. The van der Waals surface area contributed by atoms with Crippen LogP contribution in [-0.4, -0.2) is 23.8 Å². The summed E-state index contributed by atoms with van der Waals surface area (Å²) >= 11 is 0. The molecule has 1 saturated carbocycles. The molecule has 2 nitrogen and oxygen atoms in total. The fraction of sp³-hybridized carbons (Fsp3) is 1.00. The Kier molecular flexibility index (Phi) is 4.60. The maximum Gasteiger partial charge on any atom is 0.0626 e. The van der Waals surface area contributed by atoms with Gasteiger partial charge in [0.15, 0.2) is 0 Å². The quantitative estimate of drug-likeness (QED) is 0.735. The Bertz CT molecular complexity index is 183. The molecule has 90 valence electrons. The van der Waals surface area contributed by atoms with E-state index in [-0.39, 0.29) is 11.5 Å². The van der Waals surface area contributed by atoms with Crippen LogP contribution in [0.2, 0.25) is 0 Å². The highest BCUT2D eigenvalue weighted by atomic mass is 16.3. The van der Waals surface area contributed by atoms with Crippen molar-refractivity contribution in [1.29, 1.82) is 0 Å². The molecule has 0 amide bonds. The van der Waals surface area contributed by atoms with E-state index in [4.69, 9.17) is 0 Å². The maximum atomic E-state index is 10.1. The number of aliphatic hydroxyl groups excluding tert-OH is 1. The predicted molar refractivity (Wildman–Crippen MR) is 64.9 cm³/mol. The molecule has 1 fully saturated rings. The van der Waals surface area contributed by atoms with Crippen molar-refractivity contribution in [3.8, 4) is 0 Å². The lowest BCUT2D eigenvalue weighted by molar-refractivity contribution is 0.0122. The number of rotatable bonds is 5. The van der Waals surface area contributed by atoms with Crippen molar-refractivity contribution in [2.75, 3.05) is 6.54 Å². The zero-order valence-electron chi connectivity index (χ0n) is 10.7. The third kappa shape index (κ3) is 3.76. The molecule has 0 aliphatic heterocycles. The van der Waals surface area contributed by atoms with Crippen LogP contribution in [0.4, 0.5) is 0 Å². The van der Waals surface area contributed by atoms with Gasteiger partial charge in [0.25, 0.3) is 0 Å². The highest BCUT2D eigenvalue weighted by molar-refractivity contribution is 4.84. The number of hydrogen-bond acceptors (Lipinski definition) is 2. The standard InChI is InChI=1S/C13H27NO/c1-10(2)12(15)13(3,4)9-14-11-7-5-6-8-11/h10-12,14-15H,5-9H2,1-4H3. The minimum Gasteiger partial charge on any atom is -0.392 e. The first kappa shape index (κ1) is 13.0. The minimum absolute atomic E-state index is 0.0171. The second kappa shape index (κ2) is 5.31. The summed E-state index contributed by atoms with van der Waals surface area (Å²) in [4.78, 5) is 0. The normalized spacial score (nSPS) is 21.2. The third-order valence-electron chi connectivity index (χ3n) is 3.63. The summed E-state index contributed by atoms with van der Waals surface area (Å²) in [6.45, 7) is 9.40. The second-order valence-electron chi connectivity index (χ2n) is 6.04. The smallest absolute Gasteiger partial charge is 0.0626 e. The summed E-state index contributed by atoms with van der Waals surface area (Å²) in [5, 5.41) is 13.7. The van der Waals surface area contributed by atoms with Gasteiger partial charge in [0.1, 0.15) is 0 Å². The molecule has 1 rings (SSSR count). The largest absolute Gasteiger partial charge is 0.392 e. The molecule has 15 heavy (non-hydrogen) atoms.